The van der Waals surface area contributed by atoms with Gasteiger partial charge >= 0.3 is 6.09 Å². The molecule has 2 saturated carbocycles. The number of hydrogen-bond acceptors (Lipinski definition) is 11. The number of aryl methyl sites for hydroxylation is 1. The Hall–Kier alpha value is -5.54. The van der Waals surface area contributed by atoms with E-state index >= 15 is 0 Å². The number of H-pyrrole nitrogens is 1. The first kappa shape index (κ1) is 41.1. The Morgan fingerprint density at radius 2 is 1.58 bits per heavy atom. The molecule has 2 aliphatic rings. The number of pyridine rings is 1. The van der Waals surface area contributed by atoms with Crippen LogP contribution in [0.1, 0.15) is 93.9 Å². The second-order valence-corrected chi connectivity index (χ2v) is 16.2. The van der Waals surface area contributed by atoms with E-state index in [0.717, 1.165) is 29.5 Å². The number of rotatable bonds is 11. The lowest BCUT2D eigenvalue weighted by Gasteiger charge is -2.32. The number of alkyl carbamates (subject to hydrolysis) is 1. The van der Waals surface area contributed by atoms with Crippen molar-refractivity contribution in [1.82, 2.24) is 36.2 Å². The molecular weight excluding hydrogens is 727 g/mol. The van der Waals surface area contributed by atoms with E-state index in [1.807, 2.05) is 58.0 Å². The minimum atomic E-state index is -1.01. The number of aromatic amines is 1. The van der Waals surface area contributed by atoms with Gasteiger partial charge in [-0.3, -0.25) is 14.4 Å². The average Bonchev–Trinajstić information content (AvgIpc) is 3.74. The Morgan fingerprint density at radius 3 is 2.19 bits per heavy atom. The Kier molecular flexibility index (Phi) is 13.1. The molecule has 15 nitrogen and oxygen atoms in total. The number of amides is 4. The van der Waals surface area contributed by atoms with Gasteiger partial charge in [-0.1, -0.05) is 30.3 Å². The third-order valence-electron chi connectivity index (χ3n) is 10.7. The molecule has 2 aliphatic carbocycles. The van der Waals surface area contributed by atoms with Crippen molar-refractivity contribution in [1.29, 1.82) is 0 Å². The van der Waals surface area contributed by atoms with Crippen LogP contribution in [0.3, 0.4) is 0 Å². The Morgan fingerprint density at radius 1 is 0.912 bits per heavy atom. The maximum atomic E-state index is 14.2. The summed E-state index contributed by atoms with van der Waals surface area (Å²) in [6.07, 6.45) is 4.82. The molecule has 4 amide bonds. The number of aromatic nitrogens is 5. The lowest BCUT2D eigenvalue weighted by atomic mass is 9.81. The van der Waals surface area contributed by atoms with Gasteiger partial charge in [0.2, 0.25) is 11.7 Å². The summed E-state index contributed by atoms with van der Waals surface area (Å²) in [5, 5.41) is 29.7. The van der Waals surface area contributed by atoms with Crippen LogP contribution in [-0.2, 0) is 20.7 Å². The Balaban J connectivity index is 1.11. The Labute approximate surface area is 332 Å². The van der Waals surface area contributed by atoms with Gasteiger partial charge in [-0.25, -0.2) is 14.7 Å². The predicted octanol–water partition coefficient (Wildman–Crippen LogP) is 5.03. The van der Waals surface area contributed by atoms with E-state index in [4.69, 9.17) is 10.5 Å². The number of ether oxygens (including phenoxy) is 1. The van der Waals surface area contributed by atoms with E-state index in [1.54, 1.807) is 30.3 Å². The highest BCUT2D eigenvalue weighted by molar-refractivity contribution is 6.17. The van der Waals surface area contributed by atoms with E-state index in [2.05, 4.69) is 36.2 Å². The number of aliphatic hydroxyl groups excluding tert-OH is 1. The molecule has 57 heavy (non-hydrogen) atoms. The van der Waals surface area contributed by atoms with E-state index in [-0.39, 0.29) is 36.3 Å². The van der Waals surface area contributed by atoms with Gasteiger partial charge in [-0.05, 0) is 138 Å². The van der Waals surface area contributed by atoms with Crippen LogP contribution in [0.2, 0.25) is 0 Å². The highest BCUT2D eigenvalue weighted by atomic mass is 16.6. The minimum absolute atomic E-state index is 0.0308. The van der Waals surface area contributed by atoms with Crippen molar-refractivity contribution < 1.29 is 29.0 Å². The molecule has 0 bridgehead atoms. The van der Waals surface area contributed by atoms with Gasteiger partial charge in [0.25, 0.3) is 11.8 Å². The number of carbonyl (C=O) groups excluding carboxylic acids is 4. The van der Waals surface area contributed by atoms with Gasteiger partial charge in [0.05, 0.1) is 17.8 Å². The highest BCUT2D eigenvalue weighted by Crippen LogP contribution is 2.32. The van der Waals surface area contributed by atoms with Crippen LogP contribution in [0.5, 0.6) is 0 Å². The third-order valence-corrected chi connectivity index (χ3v) is 10.7. The zero-order valence-electron chi connectivity index (χ0n) is 33.0. The molecule has 6 N–H and O–H groups in total. The number of anilines is 1. The molecule has 2 heterocycles. The number of aliphatic hydroxyl groups is 1. The van der Waals surface area contributed by atoms with Gasteiger partial charge < -0.3 is 26.2 Å². The summed E-state index contributed by atoms with van der Waals surface area (Å²) in [4.78, 5) is 59.3. The van der Waals surface area contributed by atoms with Crippen molar-refractivity contribution in [2.24, 2.45) is 17.6 Å². The monoisotopic (exact) mass is 779 g/mol. The smallest absolute Gasteiger partial charge is 0.407 e. The third kappa shape index (κ3) is 10.9. The summed E-state index contributed by atoms with van der Waals surface area (Å²) in [5.74, 6) is -0.877. The molecule has 4 aromatic rings. The molecule has 302 valence electrons. The van der Waals surface area contributed by atoms with Crippen molar-refractivity contribution in [2.45, 2.75) is 109 Å². The molecule has 6 rings (SSSR count). The summed E-state index contributed by atoms with van der Waals surface area (Å²) < 4.78 is 5.36. The van der Waals surface area contributed by atoms with Crippen LogP contribution in [0.4, 0.5) is 10.5 Å². The number of nitrogens with two attached hydrogens (primary N) is 1. The van der Waals surface area contributed by atoms with Gasteiger partial charge in [0, 0.05) is 35.3 Å². The largest absolute Gasteiger partial charge is 0.444 e. The number of carbonyl (C=O) groups is 4. The van der Waals surface area contributed by atoms with Gasteiger partial charge in [0.1, 0.15) is 11.3 Å². The summed E-state index contributed by atoms with van der Waals surface area (Å²) in [6, 6.07) is 17.1. The number of nitrogens with one attached hydrogen (secondary N) is 3. The van der Waals surface area contributed by atoms with Crippen molar-refractivity contribution in [3.63, 3.8) is 0 Å². The van der Waals surface area contributed by atoms with Crippen LogP contribution < -0.4 is 21.3 Å². The summed E-state index contributed by atoms with van der Waals surface area (Å²) >= 11 is 0. The molecule has 0 unspecified atom stereocenters. The van der Waals surface area contributed by atoms with Crippen molar-refractivity contribution >= 4 is 29.5 Å². The zero-order valence-corrected chi connectivity index (χ0v) is 33.0. The quantitative estimate of drug-likeness (QED) is 0.136. The highest BCUT2D eigenvalue weighted by Gasteiger charge is 2.35. The van der Waals surface area contributed by atoms with Crippen LogP contribution in [-0.4, -0.2) is 84.9 Å². The first-order valence-corrected chi connectivity index (χ1v) is 19.7. The maximum absolute atomic E-state index is 14.2. The minimum Gasteiger partial charge on any atom is -0.444 e. The number of nitrogens with zero attached hydrogens (tertiary/aromatic N) is 5. The van der Waals surface area contributed by atoms with Crippen LogP contribution in [0.25, 0.3) is 22.5 Å². The lowest BCUT2D eigenvalue weighted by Crippen LogP contribution is -2.50. The zero-order chi connectivity index (χ0) is 40.7. The second kappa shape index (κ2) is 18.2. The maximum Gasteiger partial charge on any atom is 0.407 e. The fourth-order valence-corrected chi connectivity index (χ4v) is 7.54. The van der Waals surface area contributed by atoms with Crippen molar-refractivity contribution in [3.05, 3.63) is 77.6 Å². The summed E-state index contributed by atoms with van der Waals surface area (Å²) in [6.45, 7) is 7.75. The molecule has 1 atom stereocenters. The molecule has 2 aromatic carbocycles. The first-order chi connectivity index (χ1) is 27.2. The topological polar surface area (TPSA) is 218 Å². The van der Waals surface area contributed by atoms with E-state index < -0.39 is 29.6 Å². The van der Waals surface area contributed by atoms with Gasteiger partial charge in [0.15, 0.2) is 0 Å². The molecule has 0 radical (unpaired) electrons. The predicted molar refractivity (Wildman–Crippen MR) is 214 cm³/mol. The summed E-state index contributed by atoms with van der Waals surface area (Å²) in [7, 11) is 0. The standard InChI is InChI=1S/C42H53N9O6/c1-25-34(21-22-36(45-25)38(53)46-31-15-19-33(52)20-16-31)28-9-5-26(6-10-28)23-35(43)40(55)51(32-17-13-29(14-18-32)37-47-49-50-48-37)39(54)30-11-7-27(8-12-30)24-44-41(56)57-42(2,3)4/h5-6,9-10,13-14,17-18,21-22,27,30-31,33,35,52H,7-8,11-12,15-16,19-20,23-24,43H2,1-4H3,(H,44,56)(H,46,53)(H,47,48,49,50)/t27?,30?,31?,33?,35-/m0/s1. The normalized spacial score (nSPS) is 20.2. The van der Waals surface area contributed by atoms with Crippen molar-refractivity contribution in [3.8, 4) is 22.5 Å². The number of hydrogen-bond donors (Lipinski definition) is 5. The molecule has 2 fully saturated rings. The molecule has 15 heteroatoms. The molecule has 2 aromatic heterocycles. The number of imide groups is 1. The summed E-state index contributed by atoms with van der Waals surface area (Å²) in [5.41, 5.74) is 10.7. The van der Waals surface area contributed by atoms with Crippen molar-refractivity contribution in [2.75, 3.05) is 11.4 Å². The molecule has 0 saturated heterocycles. The first-order valence-electron chi connectivity index (χ1n) is 19.7. The van der Waals surface area contributed by atoms with Crippen LogP contribution in [0.15, 0.2) is 60.7 Å². The lowest BCUT2D eigenvalue weighted by molar-refractivity contribution is -0.130. The molecular formula is C42H53N9O6. The van der Waals surface area contributed by atoms with Gasteiger partial charge in [-0.2, -0.15) is 5.21 Å². The average molecular weight is 780 g/mol. The SMILES string of the molecule is Cc1nc(C(=O)NC2CCC(O)CC2)ccc1-c1ccc(C[C@H](N)C(=O)N(C(=O)C2CCC(CNC(=O)OC(C)(C)C)CC2)c2ccc(-c3nn[nH]n3)cc2)cc1. The van der Waals surface area contributed by atoms with Crippen LogP contribution in [0, 0.1) is 18.8 Å². The van der Waals surface area contributed by atoms with E-state index in [1.165, 1.54) is 4.90 Å². The van der Waals surface area contributed by atoms with E-state index in [9.17, 15) is 24.3 Å². The fourth-order valence-electron chi connectivity index (χ4n) is 7.54. The number of benzene rings is 2. The fraction of sp³-hybridized carbons (Fsp3) is 0.476. The number of tetrazole rings is 1. The van der Waals surface area contributed by atoms with Crippen LogP contribution >= 0.6 is 0 Å². The van der Waals surface area contributed by atoms with E-state index in [0.29, 0.717) is 73.5 Å². The second-order valence-electron chi connectivity index (χ2n) is 16.2. The van der Waals surface area contributed by atoms with Gasteiger partial charge in [-0.15, -0.1) is 10.2 Å². The molecule has 0 aliphatic heterocycles. The Bertz CT molecular complexity index is 2000. The molecule has 0 spiro atoms.